The maximum Gasteiger partial charge on any atom is 0.138 e. The topological polar surface area (TPSA) is 47.1 Å². The zero-order valence-electron chi connectivity index (χ0n) is 14.2. The standard InChI is InChI=1S/C18H26N4O/c1-3-16-15(13(2)23-20-16)11-21-9-8-14(10-21)22-12-19-17-6-4-5-7-18(17)22/h12,14H,3-11H2,1-2H3/t14-/m1/s1. The summed E-state index contributed by atoms with van der Waals surface area (Å²) in [5.74, 6) is 0.977. The van der Waals surface area contributed by atoms with Crippen molar-refractivity contribution < 1.29 is 4.52 Å². The summed E-state index contributed by atoms with van der Waals surface area (Å²) < 4.78 is 7.85. The third-order valence-electron chi connectivity index (χ3n) is 5.48. The van der Waals surface area contributed by atoms with E-state index >= 15 is 0 Å². The highest BCUT2D eigenvalue weighted by atomic mass is 16.5. The highest BCUT2D eigenvalue weighted by Crippen LogP contribution is 2.29. The molecule has 0 bridgehead atoms. The third kappa shape index (κ3) is 2.71. The summed E-state index contributed by atoms with van der Waals surface area (Å²) in [6.07, 6.45) is 9.23. The number of likely N-dealkylation sites (tertiary alicyclic amines) is 1. The van der Waals surface area contributed by atoms with Gasteiger partial charge in [0.1, 0.15) is 5.76 Å². The zero-order chi connectivity index (χ0) is 15.8. The number of rotatable bonds is 4. The van der Waals surface area contributed by atoms with Crippen LogP contribution in [0.15, 0.2) is 10.9 Å². The number of imidazole rings is 1. The van der Waals surface area contributed by atoms with Gasteiger partial charge in [-0.15, -0.1) is 0 Å². The summed E-state index contributed by atoms with van der Waals surface area (Å²) in [6, 6.07) is 0.578. The molecule has 0 amide bonds. The molecule has 4 rings (SSSR count). The second kappa shape index (κ2) is 6.11. The van der Waals surface area contributed by atoms with E-state index in [-0.39, 0.29) is 0 Å². The van der Waals surface area contributed by atoms with E-state index in [1.165, 1.54) is 49.1 Å². The van der Waals surface area contributed by atoms with E-state index < -0.39 is 0 Å². The SMILES string of the molecule is CCc1noc(C)c1CN1CC[C@@H](n2cnc3c2CCCC3)C1. The van der Waals surface area contributed by atoms with E-state index in [9.17, 15) is 0 Å². The number of hydrogen-bond acceptors (Lipinski definition) is 4. The van der Waals surface area contributed by atoms with Crippen molar-refractivity contribution in [3.63, 3.8) is 0 Å². The first-order valence-electron chi connectivity index (χ1n) is 8.97. The minimum Gasteiger partial charge on any atom is -0.361 e. The van der Waals surface area contributed by atoms with Crippen molar-refractivity contribution in [3.8, 4) is 0 Å². The predicted octanol–water partition coefficient (Wildman–Crippen LogP) is 3.07. The molecule has 0 spiro atoms. The fourth-order valence-corrected chi connectivity index (χ4v) is 4.13. The van der Waals surface area contributed by atoms with Crippen molar-refractivity contribution in [1.82, 2.24) is 19.6 Å². The van der Waals surface area contributed by atoms with Crippen LogP contribution in [0.5, 0.6) is 0 Å². The quantitative estimate of drug-likeness (QED) is 0.870. The van der Waals surface area contributed by atoms with Crippen molar-refractivity contribution in [2.24, 2.45) is 0 Å². The lowest BCUT2D eigenvalue weighted by Crippen LogP contribution is -2.22. The molecule has 0 radical (unpaired) electrons. The molecule has 2 aromatic heterocycles. The Labute approximate surface area is 137 Å². The van der Waals surface area contributed by atoms with Crippen molar-refractivity contribution in [2.45, 2.75) is 65.0 Å². The van der Waals surface area contributed by atoms with Gasteiger partial charge in [-0.3, -0.25) is 4.90 Å². The number of nitrogens with zero attached hydrogens (tertiary/aromatic N) is 4. The molecule has 124 valence electrons. The molecule has 1 aliphatic carbocycles. The first kappa shape index (κ1) is 14.9. The second-order valence-electron chi connectivity index (χ2n) is 6.95. The molecule has 1 saturated heterocycles. The first-order valence-corrected chi connectivity index (χ1v) is 8.97. The summed E-state index contributed by atoms with van der Waals surface area (Å²) in [4.78, 5) is 7.20. The van der Waals surface area contributed by atoms with Gasteiger partial charge in [0, 0.05) is 36.9 Å². The van der Waals surface area contributed by atoms with Crippen LogP contribution < -0.4 is 0 Å². The van der Waals surface area contributed by atoms with Gasteiger partial charge in [-0.05, 0) is 45.4 Å². The van der Waals surface area contributed by atoms with Crippen LogP contribution in [-0.2, 0) is 25.8 Å². The van der Waals surface area contributed by atoms with E-state index in [2.05, 4.69) is 32.9 Å². The molecular formula is C18H26N4O. The van der Waals surface area contributed by atoms with E-state index in [4.69, 9.17) is 4.52 Å². The molecule has 5 nitrogen and oxygen atoms in total. The van der Waals surface area contributed by atoms with Crippen molar-refractivity contribution in [2.75, 3.05) is 13.1 Å². The van der Waals surface area contributed by atoms with E-state index in [0.29, 0.717) is 6.04 Å². The van der Waals surface area contributed by atoms with Crippen molar-refractivity contribution >= 4 is 0 Å². The molecule has 5 heteroatoms. The Morgan fingerprint density at radius 3 is 3.04 bits per heavy atom. The van der Waals surface area contributed by atoms with Crippen LogP contribution in [0, 0.1) is 6.92 Å². The molecule has 0 N–H and O–H groups in total. The smallest absolute Gasteiger partial charge is 0.138 e. The average molecular weight is 314 g/mol. The Morgan fingerprint density at radius 1 is 1.30 bits per heavy atom. The van der Waals surface area contributed by atoms with Gasteiger partial charge in [-0.1, -0.05) is 12.1 Å². The molecular weight excluding hydrogens is 288 g/mol. The number of fused-ring (bicyclic) bond motifs is 1. The van der Waals surface area contributed by atoms with Gasteiger partial charge in [-0.25, -0.2) is 4.98 Å². The highest BCUT2D eigenvalue weighted by molar-refractivity contribution is 5.22. The summed E-state index contributed by atoms with van der Waals surface area (Å²) in [5, 5.41) is 4.19. The predicted molar refractivity (Wildman–Crippen MR) is 88.4 cm³/mol. The molecule has 1 fully saturated rings. The van der Waals surface area contributed by atoms with Gasteiger partial charge in [0.2, 0.25) is 0 Å². The van der Waals surface area contributed by atoms with Crippen molar-refractivity contribution in [3.05, 3.63) is 34.7 Å². The van der Waals surface area contributed by atoms with Crippen molar-refractivity contribution in [1.29, 1.82) is 0 Å². The summed E-state index contributed by atoms with van der Waals surface area (Å²) in [6.45, 7) is 7.39. The van der Waals surface area contributed by atoms with Crippen LogP contribution in [0.1, 0.15) is 60.6 Å². The number of hydrogen-bond donors (Lipinski definition) is 0. The zero-order valence-corrected chi connectivity index (χ0v) is 14.2. The monoisotopic (exact) mass is 314 g/mol. The largest absolute Gasteiger partial charge is 0.361 e. The lowest BCUT2D eigenvalue weighted by molar-refractivity contribution is 0.311. The minimum atomic E-state index is 0.578. The molecule has 0 aromatic carbocycles. The molecule has 1 atom stereocenters. The molecule has 23 heavy (non-hydrogen) atoms. The number of aromatic nitrogens is 3. The van der Waals surface area contributed by atoms with Gasteiger partial charge in [0.05, 0.1) is 17.7 Å². The summed E-state index contributed by atoms with van der Waals surface area (Å²) in [5.41, 5.74) is 5.25. The van der Waals surface area contributed by atoms with Gasteiger partial charge in [0.25, 0.3) is 0 Å². The van der Waals surface area contributed by atoms with E-state index in [0.717, 1.165) is 37.5 Å². The molecule has 3 heterocycles. The fourth-order valence-electron chi connectivity index (χ4n) is 4.13. The third-order valence-corrected chi connectivity index (χ3v) is 5.48. The van der Waals surface area contributed by atoms with Gasteiger partial charge in [0.15, 0.2) is 0 Å². The van der Waals surface area contributed by atoms with Gasteiger partial charge in [-0.2, -0.15) is 0 Å². The Kier molecular flexibility index (Phi) is 3.97. The van der Waals surface area contributed by atoms with Crippen LogP contribution in [0.2, 0.25) is 0 Å². The second-order valence-corrected chi connectivity index (χ2v) is 6.95. The van der Waals surface area contributed by atoms with Crippen LogP contribution in [0.25, 0.3) is 0 Å². The molecule has 1 aliphatic heterocycles. The van der Waals surface area contributed by atoms with Crippen LogP contribution >= 0.6 is 0 Å². The molecule has 0 saturated carbocycles. The fraction of sp³-hybridized carbons (Fsp3) is 0.667. The molecule has 2 aliphatic rings. The van der Waals surface area contributed by atoms with Crippen LogP contribution in [0.3, 0.4) is 0 Å². The van der Waals surface area contributed by atoms with E-state index in [1.807, 2.05) is 6.92 Å². The molecule has 2 aromatic rings. The van der Waals surface area contributed by atoms with E-state index in [1.54, 1.807) is 0 Å². The highest BCUT2D eigenvalue weighted by Gasteiger charge is 2.28. The van der Waals surface area contributed by atoms with Crippen LogP contribution in [0.4, 0.5) is 0 Å². The van der Waals surface area contributed by atoms with Gasteiger partial charge >= 0.3 is 0 Å². The normalized spacial score (nSPS) is 21.7. The van der Waals surface area contributed by atoms with Gasteiger partial charge < -0.3 is 9.09 Å². The minimum absolute atomic E-state index is 0.578. The maximum atomic E-state index is 5.38. The maximum absolute atomic E-state index is 5.38. The lowest BCUT2D eigenvalue weighted by Gasteiger charge is -2.20. The van der Waals surface area contributed by atoms with Crippen LogP contribution in [-0.4, -0.2) is 32.7 Å². The molecule has 0 unspecified atom stereocenters. The first-order chi connectivity index (χ1) is 11.3. The Bertz CT molecular complexity index is 687. The number of aryl methyl sites for hydroxylation is 3. The Balaban J connectivity index is 1.47. The summed E-state index contributed by atoms with van der Waals surface area (Å²) in [7, 11) is 0. The Morgan fingerprint density at radius 2 is 2.17 bits per heavy atom. The average Bonchev–Trinajstić information content (AvgIpc) is 3.27. The Hall–Kier alpha value is -1.62. The lowest BCUT2D eigenvalue weighted by atomic mass is 10.0. The summed E-state index contributed by atoms with van der Waals surface area (Å²) >= 11 is 0.